The van der Waals surface area contributed by atoms with Gasteiger partial charge in [0, 0.05) is 56.8 Å². The number of carbonyl (C=O) groups excluding carboxylic acids is 1. The van der Waals surface area contributed by atoms with E-state index in [2.05, 4.69) is 31.9 Å². The van der Waals surface area contributed by atoms with Crippen LogP contribution in [0.1, 0.15) is 38.5 Å². The van der Waals surface area contributed by atoms with Crippen molar-refractivity contribution in [2.24, 2.45) is 10.9 Å². The SMILES string of the molecule is CN=C(NCC1(N2CCSCC2)CCCC1)N1CCC(C(=O)OC)CC1. The monoisotopic (exact) mass is 382 g/mol. The summed E-state index contributed by atoms with van der Waals surface area (Å²) in [5.74, 6) is 3.49. The molecule has 6 nitrogen and oxygen atoms in total. The van der Waals surface area contributed by atoms with Crippen molar-refractivity contribution in [3.63, 3.8) is 0 Å². The molecular weight excluding hydrogens is 348 g/mol. The molecule has 3 rings (SSSR count). The Morgan fingerprint density at radius 3 is 2.42 bits per heavy atom. The Bertz CT molecular complexity index is 494. The number of rotatable bonds is 4. The number of nitrogens with one attached hydrogen (secondary N) is 1. The number of nitrogens with zero attached hydrogens (tertiary/aromatic N) is 3. The first-order valence-electron chi connectivity index (χ1n) is 10.0. The van der Waals surface area contributed by atoms with Gasteiger partial charge in [0.25, 0.3) is 0 Å². The third-order valence-corrected chi connectivity index (χ3v) is 7.28. The van der Waals surface area contributed by atoms with E-state index in [4.69, 9.17) is 4.74 Å². The van der Waals surface area contributed by atoms with Crippen LogP contribution in [0.25, 0.3) is 0 Å². The van der Waals surface area contributed by atoms with E-state index in [1.165, 1.54) is 57.4 Å². The zero-order chi connectivity index (χ0) is 18.4. The summed E-state index contributed by atoms with van der Waals surface area (Å²) in [5.41, 5.74) is 0.307. The topological polar surface area (TPSA) is 57.2 Å². The van der Waals surface area contributed by atoms with Crippen LogP contribution in [0.5, 0.6) is 0 Å². The van der Waals surface area contributed by atoms with Crippen molar-refractivity contribution in [2.75, 3.05) is 58.4 Å². The van der Waals surface area contributed by atoms with Crippen molar-refractivity contribution in [3.8, 4) is 0 Å². The lowest BCUT2D eigenvalue weighted by Gasteiger charge is -2.44. The molecule has 7 heteroatoms. The number of hydrogen-bond acceptors (Lipinski definition) is 5. The second-order valence-electron chi connectivity index (χ2n) is 7.72. The molecule has 26 heavy (non-hydrogen) atoms. The summed E-state index contributed by atoms with van der Waals surface area (Å²) in [6, 6.07) is 0. The lowest BCUT2D eigenvalue weighted by Crippen LogP contribution is -2.58. The number of piperidine rings is 1. The minimum atomic E-state index is -0.0690. The van der Waals surface area contributed by atoms with E-state index in [9.17, 15) is 4.79 Å². The Labute approximate surface area is 162 Å². The summed E-state index contributed by atoms with van der Waals surface area (Å²) in [4.78, 5) is 21.3. The van der Waals surface area contributed by atoms with Gasteiger partial charge in [0.15, 0.2) is 5.96 Å². The molecule has 1 aliphatic carbocycles. The third-order valence-electron chi connectivity index (χ3n) is 6.33. The van der Waals surface area contributed by atoms with Crippen molar-refractivity contribution >= 4 is 23.7 Å². The molecular formula is C19H34N4O2S. The quantitative estimate of drug-likeness (QED) is 0.455. The molecule has 3 aliphatic rings. The number of aliphatic imine (C=N–C) groups is 1. The van der Waals surface area contributed by atoms with Gasteiger partial charge in [-0.1, -0.05) is 12.8 Å². The number of carbonyl (C=O) groups is 1. The standard InChI is InChI=1S/C19H34N4O2S/c1-20-18(22-9-5-16(6-10-22)17(24)25-2)21-15-19(7-3-4-8-19)23-11-13-26-14-12-23/h16H,3-15H2,1-2H3,(H,20,21). The molecule has 0 aromatic carbocycles. The number of hydrogen-bond donors (Lipinski definition) is 1. The van der Waals surface area contributed by atoms with Crippen LogP contribution >= 0.6 is 11.8 Å². The molecule has 2 heterocycles. The van der Waals surface area contributed by atoms with Gasteiger partial charge in [0.2, 0.25) is 0 Å². The molecule has 0 spiro atoms. The van der Waals surface area contributed by atoms with Crippen LogP contribution in [0.2, 0.25) is 0 Å². The first-order valence-corrected chi connectivity index (χ1v) is 11.2. The summed E-state index contributed by atoms with van der Waals surface area (Å²) < 4.78 is 4.90. The molecule has 0 atom stereocenters. The van der Waals surface area contributed by atoms with Gasteiger partial charge in [-0.2, -0.15) is 11.8 Å². The maximum atomic E-state index is 11.7. The van der Waals surface area contributed by atoms with E-state index in [1.54, 1.807) is 0 Å². The van der Waals surface area contributed by atoms with Crippen molar-refractivity contribution in [2.45, 2.75) is 44.1 Å². The number of guanidine groups is 1. The molecule has 0 amide bonds. The summed E-state index contributed by atoms with van der Waals surface area (Å²) in [6.45, 7) is 5.16. The van der Waals surface area contributed by atoms with Crippen LogP contribution in [0, 0.1) is 5.92 Å². The highest BCUT2D eigenvalue weighted by molar-refractivity contribution is 7.99. The Kier molecular flexibility index (Phi) is 7.09. The highest BCUT2D eigenvalue weighted by Gasteiger charge is 2.40. The number of methoxy groups -OCH3 is 1. The summed E-state index contributed by atoms with van der Waals surface area (Å²) >= 11 is 2.08. The lowest BCUT2D eigenvalue weighted by molar-refractivity contribution is -0.146. The molecule has 1 saturated carbocycles. The highest BCUT2D eigenvalue weighted by Crippen LogP contribution is 2.36. The van der Waals surface area contributed by atoms with Crippen LogP contribution in [-0.2, 0) is 9.53 Å². The molecule has 0 aromatic rings. The average Bonchev–Trinajstić information content (AvgIpc) is 3.19. The van der Waals surface area contributed by atoms with Gasteiger partial charge in [-0.3, -0.25) is 14.7 Å². The van der Waals surface area contributed by atoms with Crippen LogP contribution in [0.3, 0.4) is 0 Å². The van der Waals surface area contributed by atoms with Gasteiger partial charge in [0.05, 0.1) is 13.0 Å². The highest BCUT2D eigenvalue weighted by atomic mass is 32.2. The second-order valence-corrected chi connectivity index (χ2v) is 8.94. The van der Waals surface area contributed by atoms with Crippen LogP contribution in [0.4, 0.5) is 0 Å². The molecule has 0 unspecified atom stereocenters. The van der Waals surface area contributed by atoms with Crippen molar-refractivity contribution in [3.05, 3.63) is 0 Å². The number of likely N-dealkylation sites (tertiary alicyclic amines) is 1. The van der Waals surface area contributed by atoms with Gasteiger partial charge >= 0.3 is 5.97 Å². The summed E-state index contributed by atoms with van der Waals surface area (Å²) in [5, 5.41) is 3.69. The van der Waals surface area contributed by atoms with Crippen LogP contribution in [0.15, 0.2) is 4.99 Å². The van der Waals surface area contributed by atoms with Gasteiger partial charge in [-0.05, 0) is 25.7 Å². The Balaban J connectivity index is 1.55. The van der Waals surface area contributed by atoms with Crippen LogP contribution < -0.4 is 5.32 Å². The zero-order valence-electron chi connectivity index (χ0n) is 16.3. The van der Waals surface area contributed by atoms with E-state index >= 15 is 0 Å². The predicted molar refractivity (Wildman–Crippen MR) is 108 cm³/mol. The molecule has 0 aromatic heterocycles. The van der Waals surface area contributed by atoms with Gasteiger partial charge < -0.3 is 15.0 Å². The van der Waals surface area contributed by atoms with E-state index in [-0.39, 0.29) is 11.9 Å². The molecule has 148 valence electrons. The number of thioether (sulfide) groups is 1. The molecule has 1 N–H and O–H groups in total. The first kappa shape index (κ1) is 19.8. The summed E-state index contributed by atoms with van der Waals surface area (Å²) in [6.07, 6.45) is 6.98. The average molecular weight is 383 g/mol. The van der Waals surface area contributed by atoms with Crippen LogP contribution in [-0.4, -0.2) is 85.7 Å². The van der Waals surface area contributed by atoms with E-state index < -0.39 is 0 Å². The van der Waals surface area contributed by atoms with Crippen molar-refractivity contribution in [1.82, 2.24) is 15.1 Å². The first-order chi connectivity index (χ1) is 12.7. The predicted octanol–water partition coefficient (Wildman–Crippen LogP) is 1.81. The molecule has 2 saturated heterocycles. The number of esters is 1. The largest absolute Gasteiger partial charge is 0.469 e. The molecule has 3 fully saturated rings. The number of ether oxygens (including phenoxy) is 1. The Morgan fingerprint density at radius 1 is 1.19 bits per heavy atom. The minimum Gasteiger partial charge on any atom is -0.469 e. The van der Waals surface area contributed by atoms with E-state index in [1.807, 2.05) is 7.05 Å². The molecule has 0 radical (unpaired) electrons. The fourth-order valence-electron chi connectivity index (χ4n) is 4.75. The normalized spacial score (nSPS) is 25.3. The second kappa shape index (κ2) is 9.31. The third kappa shape index (κ3) is 4.47. The Hall–Kier alpha value is -0.950. The van der Waals surface area contributed by atoms with Crippen molar-refractivity contribution in [1.29, 1.82) is 0 Å². The van der Waals surface area contributed by atoms with Gasteiger partial charge in [-0.15, -0.1) is 0 Å². The molecule has 2 aliphatic heterocycles. The minimum absolute atomic E-state index is 0.0429. The smallest absolute Gasteiger partial charge is 0.308 e. The molecule has 0 bridgehead atoms. The summed E-state index contributed by atoms with van der Waals surface area (Å²) in [7, 11) is 3.35. The fraction of sp³-hybridized carbons (Fsp3) is 0.895. The van der Waals surface area contributed by atoms with E-state index in [0.29, 0.717) is 5.54 Å². The maximum absolute atomic E-state index is 11.7. The fourth-order valence-corrected chi connectivity index (χ4v) is 5.65. The maximum Gasteiger partial charge on any atom is 0.308 e. The van der Waals surface area contributed by atoms with Gasteiger partial charge in [-0.25, -0.2) is 0 Å². The lowest BCUT2D eigenvalue weighted by atomic mass is 9.94. The zero-order valence-corrected chi connectivity index (χ0v) is 17.2. The van der Waals surface area contributed by atoms with Crippen molar-refractivity contribution < 1.29 is 9.53 Å². The van der Waals surface area contributed by atoms with Gasteiger partial charge in [0.1, 0.15) is 0 Å². The Morgan fingerprint density at radius 2 is 1.85 bits per heavy atom. The van der Waals surface area contributed by atoms with E-state index in [0.717, 1.165) is 38.4 Å².